The van der Waals surface area contributed by atoms with E-state index in [0.29, 0.717) is 6.61 Å². The van der Waals surface area contributed by atoms with Gasteiger partial charge < -0.3 is 14.6 Å². The van der Waals surface area contributed by atoms with Gasteiger partial charge in [0.15, 0.2) is 0 Å². The minimum atomic E-state index is -0.00480. The Labute approximate surface area is 110 Å². The predicted octanol–water partition coefficient (Wildman–Crippen LogP) is 3.54. The zero-order chi connectivity index (χ0) is 13.2. The molecule has 0 aliphatic carbocycles. The lowest BCUT2D eigenvalue weighted by atomic mass is 10.1. The maximum absolute atomic E-state index is 9.23. The van der Waals surface area contributed by atoms with Crippen LogP contribution in [0, 0.1) is 0 Å². The minimum Gasteiger partial charge on any atom is -0.497 e. The fourth-order valence-corrected chi connectivity index (χ4v) is 1.81. The fourth-order valence-electron chi connectivity index (χ4n) is 1.81. The molecule has 0 aromatic heterocycles. The molecule has 0 atom stereocenters. The third-order valence-electron chi connectivity index (χ3n) is 2.95. The average Bonchev–Trinajstić information content (AvgIpc) is 2.42. The molecule has 0 bridgehead atoms. The van der Waals surface area contributed by atoms with Gasteiger partial charge in [0, 0.05) is 11.6 Å². The number of aliphatic hydroxyl groups excluding tert-OH is 1. The van der Waals surface area contributed by atoms with Gasteiger partial charge in [0.25, 0.3) is 0 Å². The number of hydrogen-bond donors (Lipinski definition) is 1. The monoisotopic (exact) mass is 252 g/mol. The molecule has 1 aromatic rings. The van der Waals surface area contributed by atoms with E-state index in [4.69, 9.17) is 9.47 Å². The number of aliphatic hydroxyl groups is 1. The molecule has 0 unspecified atom stereocenters. The summed E-state index contributed by atoms with van der Waals surface area (Å²) in [5.74, 6) is 1.49. The van der Waals surface area contributed by atoms with Crippen molar-refractivity contribution in [3.8, 4) is 11.5 Å². The summed E-state index contributed by atoms with van der Waals surface area (Å²) in [6.45, 7) is 2.90. The molecular weight excluding hydrogens is 228 g/mol. The van der Waals surface area contributed by atoms with E-state index in [2.05, 4.69) is 6.92 Å². The fraction of sp³-hybridized carbons (Fsp3) is 0.600. The average molecular weight is 252 g/mol. The summed E-state index contributed by atoms with van der Waals surface area (Å²) in [6, 6.07) is 5.50. The molecule has 102 valence electrons. The van der Waals surface area contributed by atoms with Crippen LogP contribution in [-0.4, -0.2) is 18.8 Å². The molecule has 0 fully saturated rings. The Balaban J connectivity index is 2.39. The van der Waals surface area contributed by atoms with Crippen LogP contribution in [0.4, 0.5) is 0 Å². The van der Waals surface area contributed by atoms with Gasteiger partial charge in [0.2, 0.25) is 0 Å². The Hall–Kier alpha value is -1.22. The molecule has 0 aliphatic rings. The molecule has 0 amide bonds. The van der Waals surface area contributed by atoms with Crippen molar-refractivity contribution in [1.82, 2.24) is 0 Å². The summed E-state index contributed by atoms with van der Waals surface area (Å²) in [4.78, 5) is 0. The summed E-state index contributed by atoms with van der Waals surface area (Å²) >= 11 is 0. The molecule has 0 heterocycles. The maximum Gasteiger partial charge on any atom is 0.128 e. The third kappa shape index (κ3) is 4.96. The van der Waals surface area contributed by atoms with Crippen LogP contribution in [0.15, 0.2) is 18.2 Å². The van der Waals surface area contributed by atoms with Crippen molar-refractivity contribution < 1.29 is 14.6 Å². The van der Waals surface area contributed by atoms with Gasteiger partial charge in [-0.2, -0.15) is 0 Å². The Kier molecular flexibility index (Phi) is 7.26. The molecule has 18 heavy (non-hydrogen) atoms. The summed E-state index contributed by atoms with van der Waals surface area (Å²) in [7, 11) is 1.63. The first-order valence-electron chi connectivity index (χ1n) is 6.72. The molecule has 1 N–H and O–H groups in total. The smallest absolute Gasteiger partial charge is 0.128 e. The quantitative estimate of drug-likeness (QED) is 0.683. The molecule has 1 rings (SSSR count). The van der Waals surface area contributed by atoms with Crippen LogP contribution >= 0.6 is 0 Å². The largest absolute Gasteiger partial charge is 0.497 e. The van der Waals surface area contributed by atoms with Crippen LogP contribution in [-0.2, 0) is 6.61 Å². The Morgan fingerprint density at radius 3 is 2.56 bits per heavy atom. The number of rotatable bonds is 9. The van der Waals surface area contributed by atoms with Crippen LogP contribution in [0.5, 0.6) is 11.5 Å². The standard InChI is InChI=1S/C15H24O3/c1-3-4-5-6-7-10-18-15-11-14(17-2)9-8-13(15)12-16/h8-9,11,16H,3-7,10,12H2,1-2H3. The van der Waals surface area contributed by atoms with Gasteiger partial charge in [0.05, 0.1) is 20.3 Å². The highest BCUT2D eigenvalue weighted by molar-refractivity contribution is 5.40. The molecule has 0 saturated heterocycles. The van der Waals surface area contributed by atoms with Crippen molar-refractivity contribution in [3.63, 3.8) is 0 Å². The van der Waals surface area contributed by atoms with Crippen molar-refractivity contribution in [2.45, 2.75) is 45.6 Å². The second-order valence-corrected chi connectivity index (χ2v) is 4.39. The normalized spacial score (nSPS) is 10.4. The topological polar surface area (TPSA) is 38.7 Å². The summed E-state index contributed by atoms with van der Waals surface area (Å²) < 4.78 is 10.9. The van der Waals surface area contributed by atoms with E-state index in [1.165, 1.54) is 25.7 Å². The maximum atomic E-state index is 9.23. The van der Waals surface area contributed by atoms with E-state index < -0.39 is 0 Å². The van der Waals surface area contributed by atoms with E-state index >= 15 is 0 Å². The van der Waals surface area contributed by atoms with Crippen LogP contribution in [0.1, 0.15) is 44.6 Å². The third-order valence-corrected chi connectivity index (χ3v) is 2.95. The van der Waals surface area contributed by atoms with E-state index in [-0.39, 0.29) is 6.61 Å². The molecule has 0 saturated carbocycles. The highest BCUT2D eigenvalue weighted by Crippen LogP contribution is 2.25. The Morgan fingerprint density at radius 2 is 1.89 bits per heavy atom. The van der Waals surface area contributed by atoms with E-state index in [1.54, 1.807) is 7.11 Å². The Bertz CT molecular complexity index is 337. The molecule has 3 nitrogen and oxygen atoms in total. The Morgan fingerprint density at radius 1 is 1.11 bits per heavy atom. The number of benzene rings is 1. The zero-order valence-corrected chi connectivity index (χ0v) is 11.4. The molecule has 1 aromatic carbocycles. The van der Waals surface area contributed by atoms with Crippen LogP contribution in [0.3, 0.4) is 0 Å². The van der Waals surface area contributed by atoms with Crippen molar-refractivity contribution in [2.75, 3.05) is 13.7 Å². The lowest BCUT2D eigenvalue weighted by molar-refractivity contribution is 0.259. The van der Waals surface area contributed by atoms with Gasteiger partial charge in [-0.25, -0.2) is 0 Å². The first-order chi connectivity index (χ1) is 8.81. The first kappa shape index (κ1) is 14.8. The minimum absolute atomic E-state index is 0.00480. The van der Waals surface area contributed by atoms with E-state index in [1.807, 2.05) is 18.2 Å². The van der Waals surface area contributed by atoms with Crippen LogP contribution in [0.2, 0.25) is 0 Å². The molecule has 3 heteroatoms. The van der Waals surface area contributed by atoms with E-state index in [0.717, 1.165) is 23.5 Å². The predicted molar refractivity (Wildman–Crippen MR) is 73.2 cm³/mol. The lowest BCUT2D eigenvalue weighted by Gasteiger charge is -2.11. The lowest BCUT2D eigenvalue weighted by Crippen LogP contribution is -2.01. The van der Waals surface area contributed by atoms with Crippen LogP contribution in [0.25, 0.3) is 0 Å². The van der Waals surface area contributed by atoms with Gasteiger partial charge in [-0.3, -0.25) is 0 Å². The summed E-state index contributed by atoms with van der Waals surface area (Å²) in [6.07, 6.45) is 6.08. The zero-order valence-electron chi connectivity index (χ0n) is 11.4. The van der Waals surface area contributed by atoms with Crippen molar-refractivity contribution in [3.05, 3.63) is 23.8 Å². The molecule has 0 radical (unpaired) electrons. The van der Waals surface area contributed by atoms with Gasteiger partial charge >= 0.3 is 0 Å². The van der Waals surface area contributed by atoms with Gasteiger partial charge in [0.1, 0.15) is 11.5 Å². The van der Waals surface area contributed by atoms with Gasteiger partial charge in [-0.15, -0.1) is 0 Å². The number of hydrogen-bond acceptors (Lipinski definition) is 3. The summed E-state index contributed by atoms with van der Waals surface area (Å²) in [5, 5.41) is 9.23. The number of methoxy groups -OCH3 is 1. The SMILES string of the molecule is CCCCCCCOc1cc(OC)ccc1CO. The van der Waals surface area contributed by atoms with Crippen LogP contribution < -0.4 is 9.47 Å². The second kappa shape index (κ2) is 8.81. The van der Waals surface area contributed by atoms with Gasteiger partial charge in [-0.1, -0.05) is 32.6 Å². The van der Waals surface area contributed by atoms with Crippen molar-refractivity contribution in [2.24, 2.45) is 0 Å². The molecular formula is C15H24O3. The number of ether oxygens (including phenoxy) is 2. The second-order valence-electron chi connectivity index (χ2n) is 4.39. The first-order valence-corrected chi connectivity index (χ1v) is 6.72. The number of unbranched alkanes of at least 4 members (excludes halogenated alkanes) is 4. The molecule has 0 spiro atoms. The van der Waals surface area contributed by atoms with Crippen molar-refractivity contribution in [1.29, 1.82) is 0 Å². The van der Waals surface area contributed by atoms with Crippen molar-refractivity contribution >= 4 is 0 Å². The van der Waals surface area contributed by atoms with E-state index in [9.17, 15) is 5.11 Å². The molecule has 0 aliphatic heterocycles. The highest BCUT2D eigenvalue weighted by Gasteiger charge is 2.04. The highest BCUT2D eigenvalue weighted by atomic mass is 16.5. The summed E-state index contributed by atoms with van der Waals surface area (Å²) in [5.41, 5.74) is 0.810. The van der Waals surface area contributed by atoms with Gasteiger partial charge in [-0.05, 0) is 18.6 Å².